The van der Waals surface area contributed by atoms with Gasteiger partial charge in [-0.05, 0) is 75.6 Å². The number of nitrogens with zero attached hydrogens (tertiary/aromatic N) is 3. The number of hydrogen-bond acceptors (Lipinski definition) is 7. The Bertz CT molecular complexity index is 1520. The number of carbonyl (C=O) groups is 1. The molecule has 4 rings (SSSR count). The third-order valence-electron chi connectivity index (χ3n) is 6.00. The molecule has 4 aromatic rings. The second kappa shape index (κ2) is 11.1. The topological polar surface area (TPSA) is 128 Å². The second-order valence-electron chi connectivity index (χ2n) is 9.09. The summed E-state index contributed by atoms with van der Waals surface area (Å²) in [5.74, 6) is 1.50. The van der Waals surface area contributed by atoms with Gasteiger partial charge in [-0.25, -0.2) is 13.4 Å². The van der Waals surface area contributed by atoms with Crippen molar-refractivity contribution in [2.24, 2.45) is 0 Å². The molecule has 0 radical (unpaired) electrons. The summed E-state index contributed by atoms with van der Waals surface area (Å²) in [5, 5.41) is 6.96. The number of ether oxygens (including phenoxy) is 1. The van der Waals surface area contributed by atoms with Crippen LogP contribution in [0.4, 0.5) is 11.4 Å². The molecule has 0 aliphatic rings. The van der Waals surface area contributed by atoms with Gasteiger partial charge < -0.3 is 19.1 Å². The van der Waals surface area contributed by atoms with Crippen LogP contribution in [0.25, 0.3) is 11.1 Å². The number of rotatable bonds is 10. The van der Waals surface area contributed by atoms with Crippen molar-refractivity contribution in [1.82, 2.24) is 14.7 Å². The van der Waals surface area contributed by atoms with Gasteiger partial charge in [-0.1, -0.05) is 5.16 Å². The van der Waals surface area contributed by atoms with Crippen LogP contribution in [0.15, 0.2) is 53.6 Å². The smallest absolute Gasteiger partial charge is 0.232 e. The molecule has 1 amide bonds. The zero-order valence-corrected chi connectivity index (χ0v) is 22.8. The van der Waals surface area contributed by atoms with Crippen LogP contribution in [0.1, 0.15) is 35.9 Å². The summed E-state index contributed by atoms with van der Waals surface area (Å²) in [4.78, 5) is 16.4. The highest BCUT2D eigenvalue weighted by Crippen LogP contribution is 2.37. The van der Waals surface area contributed by atoms with Crippen molar-refractivity contribution in [2.75, 3.05) is 15.8 Å². The fourth-order valence-corrected chi connectivity index (χ4v) is 4.80. The van der Waals surface area contributed by atoms with Crippen LogP contribution >= 0.6 is 0 Å². The van der Waals surface area contributed by atoms with Crippen LogP contribution < -0.4 is 14.8 Å². The molecule has 0 fully saturated rings. The first kappa shape index (κ1) is 26.9. The van der Waals surface area contributed by atoms with E-state index in [2.05, 4.69) is 20.2 Å². The van der Waals surface area contributed by atoms with Crippen LogP contribution in [0.5, 0.6) is 11.5 Å². The molecule has 0 saturated carbocycles. The Hall–Kier alpha value is -4.12. The van der Waals surface area contributed by atoms with Crippen LogP contribution in [0.3, 0.4) is 0 Å². The van der Waals surface area contributed by atoms with Crippen molar-refractivity contribution in [2.45, 2.75) is 47.6 Å². The van der Waals surface area contributed by atoms with Crippen molar-refractivity contribution in [3.8, 4) is 22.6 Å². The Morgan fingerprint density at radius 1 is 1.05 bits per heavy atom. The maximum Gasteiger partial charge on any atom is 0.232 e. The fraction of sp³-hybridized carbons (Fsp3) is 0.296. The Morgan fingerprint density at radius 2 is 1.79 bits per heavy atom. The van der Waals surface area contributed by atoms with Gasteiger partial charge in [0.2, 0.25) is 15.9 Å². The first-order valence-corrected chi connectivity index (χ1v) is 13.8. The molecule has 10 nitrogen and oxygen atoms in total. The van der Waals surface area contributed by atoms with Gasteiger partial charge in [0.05, 0.1) is 23.5 Å². The number of hydrogen-bond donors (Lipinski definition) is 2. The normalized spacial score (nSPS) is 11.4. The molecule has 2 N–H and O–H groups in total. The molecule has 0 aliphatic heterocycles. The van der Waals surface area contributed by atoms with Gasteiger partial charge in [0.25, 0.3) is 0 Å². The molecular weight excluding hydrogens is 506 g/mol. The molecular formula is C27H31N5O5S. The van der Waals surface area contributed by atoms with Crippen molar-refractivity contribution >= 4 is 27.3 Å². The van der Waals surface area contributed by atoms with E-state index in [-0.39, 0.29) is 11.7 Å². The maximum atomic E-state index is 12.4. The Balaban J connectivity index is 1.60. The number of aromatic nitrogens is 3. The third kappa shape index (κ3) is 6.41. The van der Waals surface area contributed by atoms with E-state index in [1.807, 2.05) is 49.7 Å². The van der Waals surface area contributed by atoms with E-state index in [0.717, 1.165) is 16.7 Å². The molecule has 2 aromatic carbocycles. The molecule has 0 bridgehead atoms. The predicted molar refractivity (Wildman–Crippen MR) is 146 cm³/mol. The SMILES string of the molecule is CCS(=O)(=O)Nc1cc(Oc2c(C)cc(NC(=O)CCn3ccnc3)cc2C)cc(-c2c(C)noc2C)c1. The summed E-state index contributed by atoms with van der Waals surface area (Å²) < 4.78 is 40.7. The quantitative estimate of drug-likeness (QED) is 0.279. The lowest BCUT2D eigenvalue weighted by Gasteiger charge is -2.17. The molecule has 0 atom stereocenters. The largest absolute Gasteiger partial charge is 0.457 e. The molecule has 38 heavy (non-hydrogen) atoms. The van der Waals surface area contributed by atoms with E-state index in [4.69, 9.17) is 9.26 Å². The van der Waals surface area contributed by atoms with Crippen molar-refractivity contribution in [3.05, 3.63) is 71.6 Å². The molecule has 11 heteroatoms. The van der Waals surface area contributed by atoms with Gasteiger partial charge in [-0.3, -0.25) is 9.52 Å². The van der Waals surface area contributed by atoms with Crippen LogP contribution in [-0.4, -0.2) is 34.8 Å². The standard InChI is InChI=1S/C27H31N5O5S/c1-6-38(34,35)31-23-13-21(26-19(4)30-37-20(26)5)14-24(15-23)36-27-17(2)11-22(12-18(27)3)29-25(33)7-9-32-10-8-28-16-32/h8,10-16,31H,6-7,9H2,1-5H3,(H,29,33). The molecule has 2 aromatic heterocycles. The lowest BCUT2D eigenvalue weighted by atomic mass is 10.0. The second-order valence-corrected chi connectivity index (χ2v) is 11.1. The number of sulfonamides is 1. The lowest BCUT2D eigenvalue weighted by molar-refractivity contribution is -0.116. The minimum absolute atomic E-state index is 0.0630. The van der Waals surface area contributed by atoms with E-state index >= 15 is 0 Å². The number of amides is 1. The number of aryl methyl sites for hydroxylation is 5. The molecule has 0 saturated heterocycles. The lowest BCUT2D eigenvalue weighted by Crippen LogP contribution is -2.14. The van der Waals surface area contributed by atoms with Crippen molar-refractivity contribution in [3.63, 3.8) is 0 Å². The Kier molecular flexibility index (Phi) is 7.86. The molecule has 200 valence electrons. The number of nitrogens with one attached hydrogen (secondary N) is 2. The highest BCUT2D eigenvalue weighted by Gasteiger charge is 2.17. The molecule has 2 heterocycles. The van der Waals surface area contributed by atoms with Gasteiger partial charge in [0.15, 0.2) is 0 Å². The van der Waals surface area contributed by atoms with E-state index in [1.165, 1.54) is 0 Å². The number of carbonyl (C=O) groups excluding carboxylic acids is 1. The Labute approximate surface area is 222 Å². The molecule has 0 unspecified atom stereocenters. The van der Waals surface area contributed by atoms with E-state index in [0.29, 0.717) is 52.9 Å². The monoisotopic (exact) mass is 537 g/mol. The first-order chi connectivity index (χ1) is 18.0. The highest BCUT2D eigenvalue weighted by atomic mass is 32.2. The summed E-state index contributed by atoms with van der Waals surface area (Å²) in [6.45, 7) is 9.52. The van der Waals surface area contributed by atoms with Gasteiger partial charge in [-0.15, -0.1) is 0 Å². The average molecular weight is 538 g/mol. The van der Waals surface area contributed by atoms with Crippen molar-refractivity contribution in [1.29, 1.82) is 0 Å². The third-order valence-corrected chi connectivity index (χ3v) is 7.31. The zero-order chi connectivity index (χ0) is 27.4. The van der Waals surface area contributed by atoms with E-state index < -0.39 is 10.0 Å². The van der Waals surface area contributed by atoms with Gasteiger partial charge >= 0.3 is 0 Å². The summed E-state index contributed by atoms with van der Waals surface area (Å²) in [6.07, 6.45) is 5.48. The summed E-state index contributed by atoms with van der Waals surface area (Å²) >= 11 is 0. The first-order valence-electron chi connectivity index (χ1n) is 12.2. The predicted octanol–water partition coefficient (Wildman–Crippen LogP) is 5.35. The average Bonchev–Trinajstić information content (AvgIpc) is 3.49. The summed E-state index contributed by atoms with van der Waals surface area (Å²) in [6, 6.07) is 8.88. The van der Waals surface area contributed by atoms with E-state index in [1.54, 1.807) is 38.5 Å². The van der Waals surface area contributed by atoms with Crippen molar-refractivity contribution < 1.29 is 22.5 Å². The summed E-state index contributed by atoms with van der Waals surface area (Å²) in [5.41, 5.74) is 4.84. The van der Waals surface area contributed by atoms with E-state index in [9.17, 15) is 13.2 Å². The van der Waals surface area contributed by atoms with Crippen LogP contribution in [0, 0.1) is 27.7 Å². The Morgan fingerprint density at radius 3 is 2.39 bits per heavy atom. The van der Waals surface area contributed by atoms with Gasteiger partial charge in [0.1, 0.15) is 17.3 Å². The zero-order valence-electron chi connectivity index (χ0n) is 22.0. The number of imidazole rings is 1. The minimum Gasteiger partial charge on any atom is -0.457 e. The number of anilines is 2. The summed E-state index contributed by atoms with van der Waals surface area (Å²) in [7, 11) is -3.51. The molecule has 0 aliphatic carbocycles. The molecule has 0 spiro atoms. The van der Waals surface area contributed by atoms with Gasteiger partial charge in [0, 0.05) is 42.7 Å². The van der Waals surface area contributed by atoms with Gasteiger partial charge in [-0.2, -0.15) is 0 Å². The van der Waals surface area contributed by atoms with Crippen LogP contribution in [0.2, 0.25) is 0 Å². The number of benzene rings is 2. The van der Waals surface area contributed by atoms with Crippen LogP contribution in [-0.2, 0) is 21.4 Å². The highest BCUT2D eigenvalue weighted by molar-refractivity contribution is 7.92. The fourth-order valence-electron chi connectivity index (χ4n) is 4.18. The minimum atomic E-state index is -3.51. The maximum absolute atomic E-state index is 12.4.